The summed E-state index contributed by atoms with van der Waals surface area (Å²) in [5.41, 5.74) is 1.90. The van der Waals surface area contributed by atoms with Crippen LogP contribution < -0.4 is 5.32 Å². The minimum absolute atomic E-state index is 0.240. The molecule has 1 N–H and O–H groups in total. The van der Waals surface area contributed by atoms with Crippen molar-refractivity contribution in [3.05, 3.63) is 58.9 Å². The van der Waals surface area contributed by atoms with Crippen molar-refractivity contribution in [1.29, 1.82) is 0 Å². The van der Waals surface area contributed by atoms with Gasteiger partial charge in [-0.2, -0.15) is 0 Å². The van der Waals surface area contributed by atoms with Gasteiger partial charge in [-0.3, -0.25) is 4.99 Å². The molecule has 110 valence electrons. The van der Waals surface area contributed by atoms with E-state index in [0.29, 0.717) is 5.02 Å². The van der Waals surface area contributed by atoms with Crippen LogP contribution in [-0.2, 0) is 0 Å². The molecule has 0 saturated heterocycles. The highest BCUT2D eigenvalue weighted by Gasteiger charge is 2.21. The van der Waals surface area contributed by atoms with E-state index >= 15 is 0 Å². The van der Waals surface area contributed by atoms with Gasteiger partial charge in [0.05, 0.1) is 6.54 Å². The van der Waals surface area contributed by atoms with E-state index in [9.17, 15) is 4.39 Å². The lowest BCUT2D eigenvalue weighted by Crippen LogP contribution is -2.19. The molecular weight excluding hydrogens is 319 g/mol. The standard InChI is InChI=1S/C17H12ClFN2S/c18-13-4-2-1-3-11(13)16-15(17-20-7-8-21-17)12-9-10(19)5-6-14(12)22-16/h1-6,9H,7-8H2,(H,20,21). The van der Waals surface area contributed by atoms with Gasteiger partial charge < -0.3 is 5.32 Å². The Balaban J connectivity index is 2.05. The van der Waals surface area contributed by atoms with E-state index in [4.69, 9.17) is 11.6 Å². The highest BCUT2D eigenvalue weighted by atomic mass is 35.5. The topological polar surface area (TPSA) is 24.4 Å². The van der Waals surface area contributed by atoms with Gasteiger partial charge in [-0.05, 0) is 24.3 Å². The van der Waals surface area contributed by atoms with E-state index < -0.39 is 0 Å². The molecule has 0 amide bonds. The van der Waals surface area contributed by atoms with Crippen LogP contribution >= 0.6 is 22.9 Å². The highest BCUT2D eigenvalue weighted by molar-refractivity contribution is 7.22. The normalized spacial score (nSPS) is 14.2. The molecule has 1 aromatic heterocycles. The van der Waals surface area contributed by atoms with Crippen LogP contribution in [-0.4, -0.2) is 18.9 Å². The number of thiophene rings is 1. The van der Waals surface area contributed by atoms with Gasteiger partial charge in [0.2, 0.25) is 0 Å². The Bertz CT molecular complexity index is 901. The van der Waals surface area contributed by atoms with Crippen LogP contribution in [0.2, 0.25) is 5.02 Å². The van der Waals surface area contributed by atoms with E-state index in [2.05, 4.69) is 10.3 Å². The van der Waals surface area contributed by atoms with Crippen molar-refractivity contribution in [2.75, 3.05) is 13.1 Å². The number of halogens is 2. The van der Waals surface area contributed by atoms with E-state index in [-0.39, 0.29) is 5.82 Å². The number of nitrogens with one attached hydrogen (secondary N) is 1. The van der Waals surface area contributed by atoms with Crippen LogP contribution in [0.1, 0.15) is 5.56 Å². The second-order valence-electron chi connectivity index (χ2n) is 5.08. The van der Waals surface area contributed by atoms with Gasteiger partial charge in [0, 0.05) is 37.7 Å². The molecule has 2 heterocycles. The predicted octanol–water partition coefficient (Wildman–Crippen LogP) is 4.71. The number of rotatable bonds is 2. The molecule has 2 aromatic carbocycles. The number of aliphatic imine (C=N–C) groups is 1. The number of amidine groups is 1. The first-order chi connectivity index (χ1) is 10.7. The monoisotopic (exact) mass is 330 g/mol. The van der Waals surface area contributed by atoms with Crippen LogP contribution in [0, 0.1) is 5.82 Å². The third-order valence-electron chi connectivity index (χ3n) is 3.68. The molecule has 5 heteroatoms. The summed E-state index contributed by atoms with van der Waals surface area (Å²) in [5.74, 6) is 0.586. The molecule has 4 rings (SSSR count). The van der Waals surface area contributed by atoms with Gasteiger partial charge >= 0.3 is 0 Å². The number of nitrogens with zero attached hydrogens (tertiary/aromatic N) is 1. The van der Waals surface area contributed by atoms with Crippen molar-refractivity contribution in [3.63, 3.8) is 0 Å². The summed E-state index contributed by atoms with van der Waals surface area (Å²) in [4.78, 5) is 5.55. The van der Waals surface area contributed by atoms with Crippen molar-refractivity contribution in [2.24, 2.45) is 4.99 Å². The number of hydrogen-bond acceptors (Lipinski definition) is 3. The van der Waals surface area contributed by atoms with Crippen molar-refractivity contribution >= 4 is 38.9 Å². The largest absolute Gasteiger partial charge is 0.368 e. The zero-order valence-corrected chi connectivity index (χ0v) is 13.1. The van der Waals surface area contributed by atoms with Crippen LogP contribution in [0.4, 0.5) is 4.39 Å². The van der Waals surface area contributed by atoms with Crippen LogP contribution in [0.15, 0.2) is 47.5 Å². The lowest BCUT2D eigenvalue weighted by atomic mass is 10.0. The zero-order valence-electron chi connectivity index (χ0n) is 11.6. The first-order valence-corrected chi connectivity index (χ1v) is 8.19. The van der Waals surface area contributed by atoms with Gasteiger partial charge in [-0.15, -0.1) is 11.3 Å². The Labute approximate surface area is 136 Å². The maximum absolute atomic E-state index is 13.7. The van der Waals surface area contributed by atoms with E-state index in [1.807, 2.05) is 30.3 Å². The van der Waals surface area contributed by atoms with Crippen molar-refractivity contribution in [2.45, 2.75) is 0 Å². The average molecular weight is 331 g/mol. The SMILES string of the molecule is Fc1ccc2sc(-c3ccccc3Cl)c(C3=NCCN3)c2c1. The molecule has 0 spiro atoms. The molecular formula is C17H12ClFN2S. The molecule has 0 atom stereocenters. The molecule has 0 aliphatic carbocycles. The summed E-state index contributed by atoms with van der Waals surface area (Å²) in [7, 11) is 0. The summed E-state index contributed by atoms with van der Waals surface area (Å²) in [6.07, 6.45) is 0. The summed E-state index contributed by atoms with van der Waals surface area (Å²) in [6, 6.07) is 12.6. The third-order valence-corrected chi connectivity index (χ3v) is 5.21. The van der Waals surface area contributed by atoms with Gasteiger partial charge in [0.25, 0.3) is 0 Å². The number of fused-ring (bicyclic) bond motifs is 1. The molecule has 0 bridgehead atoms. The Morgan fingerprint density at radius 1 is 1.18 bits per heavy atom. The lowest BCUT2D eigenvalue weighted by molar-refractivity contribution is 0.630. The van der Waals surface area contributed by atoms with Crippen molar-refractivity contribution in [1.82, 2.24) is 5.32 Å². The Hall–Kier alpha value is -1.91. The van der Waals surface area contributed by atoms with Gasteiger partial charge in [0.15, 0.2) is 0 Å². The third kappa shape index (κ3) is 2.19. The van der Waals surface area contributed by atoms with Crippen molar-refractivity contribution < 1.29 is 4.39 Å². The molecule has 0 saturated carbocycles. The molecule has 22 heavy (non-hydrogen) atoms. The molecule has 1 aliphatic heterocycles. The first kappa shape index (κ1) is 13.7. The predicted molar refractivity (Wildman–Crippen MR) is 91.6 cm³/mol. The minimum Gasteiger partial charge on any atom is -0.368 e. The number of hydrogen-bond donors (Lipinski definition) is 1. The molecule has 0 radical (unpaired) electrons. The van der Waals surface area contributed by atoms with Gasteiger partial charge in [0.1, 0.15) is 11.7 Å². The second-order valence-corrected chi connectivity index (χ2v) is 6.54. The summed E-state index contributed by atoms with van der Waals surface area (Å²) in [5, 5.41) is 4.86. The number of benzene rings is 2. The zero-order chi connectivity index (χ0) is 15.1. The Kier molecular flexibility index (Phi) is 3.36. The fraction of sp³-hybridized carbons (Fsp3) is 0.118. The second kappa shape index (κ2) is 5.38. The van der Waals surface area contributed by atoms with Crippen LogP contribution in [0.3, 0.4) is 0 Å². The van der Waals surface area contributed by atoms with Gasteiger partial charge in [-0.25, -0.2) is 4.39 Å². The minimum atomic E-state index is -0.240. The maximum atomic E-state index is 13.7. The fourth-order valence-corrected chi connectivity index (χ4v) is 4.22. The fourth-order valence-electron chi connectivity index (χ4n) is 2.71. The van der Waals surface area contributed by atoms with Crippen LogP contribution in [0.25, 0.3) is 20.5 Å². The Morgan fingerprint density at radius 3 is 2.82 bits per heavy atom. The average Bonchev–Trinajstić information content (AvgIpc) is 3.14. The van der Waals surface area contributed by atoms with Crippen molar-refractivity contribution in [3.8, 4) is 10.4 Å². The van der Waals surface area contributed by atoms with E-state index in [0.717, 1.165) is 45.0 Å². The van der Waals surface area contributed by atoms with Crippen LogP contribution in [0.5, 0.6) is 0 Å². The molecule has 3 aromatic rings. The molecule has 1 aliphatic rings. The highest BCUT2D eigenvalue weighted by Crippen LogP contribution is 2.41. The quantitative estimate of drug-likeness (QED) is 0.723. The molecule has 0 fully saturated rings. The first-order valence-electron chi connectivity index (χ1n) is 6.99. The Morgan fingerprint density at radius 2 is 2.05 bits per heavy atom. The summed E-state index contributed by atoms with van der Waals surface area (Å²) >= 11 is 7.98. The van der Waals surface area contributed by atoms with E-state index in [1.54, 1.807) is 17.4 Å². The lowest BCUT2D eigenvalue weighted by Gasteiger charge is -2.07. The van der Waals surface area contributed by atoms with E-state index in [1.165, 1.54) is 6.07 Å². The smallest absolute Gasteiger partial charge is 0.130 e. The molecule has 0 unspecified atom stereocenters. The summed E-state index contributed by atoms with van der Waals surface area (Å²) in [6.45, 7) is 1.55. The molecule has 2 nitrogen and oxygen atoms in total. The summed E-state index contributed by atoms with van der Waals surface area (Å²) < 4.78 is 14.7. The van der Waals surface area contributed by atoms with Gasteiger partial charge in [-0.1, -0.05) is 29.8 Å². The maximum Gasteiger partial charge on any atom is 0.130 e.